The number of carbonyl (C=O) groups excluding carboxylic acids is 1. The highest BCUT2D eigenvalue weighted by Crippen LogP contribution is 2.30. The van der Waals surface area contributed by atoms with Crippen LogP contribution in [-0.4, -0.2) is 42.0 Å². The lowest BCUT2D eigenvalue weighted by Crippen LogP contribution is -2.42. The highest BCUT2D eigenvalue weighted by Gasteiger charge is 2.35. The van der Waals surface area contributed by atoms with Crippen LogP contribution >= 0.6 is 0 Å². The van der Waals surface area contributed by atoms with Crippen molar-refractivity contribution in [3.05, 3.63) is 17.5 Å². The third-order valence-corrected chi connectivity index (χ3v) is 4.30. The van der Waals surface area contributed by atoms with Gasteiger partial charge in [0.15, 0.2) is 0 Å². The summed E-state index contributed by atoms with van der Waals surface area (Å²) in [5.41, 5.74) is -0.431. The van der Waals surface area contributed by atoms with Crippen molar-refractivity contribution in [2.75, 3.05) is 26.2 Å². The average Bonchev–Trinajstić information content (AvgIpc) is 2.92. The molecule has 0 aliphatic carbocycles. The molecule has 0 radical (unpaired) electrons. The molecule has 2 heterocycles. The Bertz CT molecular complexity index is 567. The van der Waals surface area contributed by atoms with Crippen molar-refractivity contribution in [3.8, 4) is 0 Å². The van der Waals surface area contributed by atoms with Gasteiger partial charge in [-0.15, -0.1) is 0 Å². The molecule has 3 N–H and O–H groups in total. The lowest BCUT2D eigenvalue weighted by atomic mass is 9.98. The predicted octanol–water partition coefficient (Wildman–Crippen LogP) is 2.15. The fraction of sp³-hybridized carbons (Fsp3) is 0.750. The smallest absolute Gasteiger partial charge is 0.338 e. The van der Waals surface area contributed by atoms with E-state index >= 15 is 0 Å². The van der Waals surface area contributed by atoms with Gasteiger partial charge >= 0.3 is 12.2 Å². The Morgan fingerprint density at radius 3 is 2.72 bits per heavy atom. The molecule has 1 saturated heterocycles. The first-order valence-electron chi connectivity index (χ1n) is 8.59. The molecular weight excluding hydrogens is 335 g/mol. The van der Waals surface area contributed by atoms with E-state index in [2.05, 4.69) is 21.0 Å². The number of amides is 2. The van der Waals surface area contributed by atoms with Gasteiger partial charge in [0.25, 0.3) is 0 Å². The van der Waals surface area contributed by atoms with Crippen LogP contribution in [0.1, 0.15) is 31.2 Å². The van der Waals surface area contributed by atoms with Crippen LogP contribution in [0.25, 0.3) is 0 Å². The Morgan fingerprint density at radius 2 is 2.08 bits per heavy atom. The summed E-state index contributed by atoms with van der Waals surface area (Å²) in [6.45, 7) is 6.25. The summed E-state index contributed by atoms with van der Waals surface area (Å²) >= 11 is 0. The summed E-state index contributed by atoms with van der Waals surface area (Å²) in [6, 6.07) is 0.754. The number of alkyl halides is 3. The van der Waals surface area contributed by atoms with Crippen LogP contribution < -0.4 is 16.0 Å². The van der Waals surface area contributed by atoms with Gasteiger partial charge in [-0.25, -0.2) is 4.79 Å². The van der Waals surface area contributed by atoms with Gasteiger partial charge in [0, 0.05) is 19.6 Å². The fourth-order valence-corrected chi connectivity index (χ4v) is 2.92. The summed E-state index contributed by atoms with van der Waals surface area (Å²) < 4.78 is 39.8. The van der Waals surface area contributed by atoms with Crippen molar-refractivity contribution in [2.45, 2.75) is 39.4 Å². The molecule has 9 heteroatoms. The molecule has 0 bridgehead atoms. The van der Waals surface area contributed by atoms with Gasteiger partial charge in [0.1, 0.15) is 5.69 Å². The van der Waals surface area contributed by atoms with Crippen LogP contribution in [0, 0.1) is 18.8 Å². The summed E-state index contributed by atoms with van der Waals surface area (Å²) in [4.78, 5) is 11.8. The van der Waals surface area contributed by atoms with Crippen LogP contribution in [0.2, 0.25) is 0 Å². The van der Waals surface area contributed by atoms with Gasteiger partial charge < -0.3 is 16.0 Å². The molecule has 2 rings (SSSR count). The van der Waals surface area contributed by atoms with Crippen LogP contribution in [0.15, 0.2) is 6.07 Å². The van der Waals surface area contributed by atoms with E-state index in [1.54, 1.807) is 6.92 Å². The van der Waals surface area contributed by atoms with E-state index in [1.165, 1.54) is 6.92 Å². The zero-order valence-electron chi connectivity index (χ0n) is 14.6. The van der Waals surface area contributed by atoms with Gasteiger partial charge in [-0.3, -0.25) is 4.68 Å². The molecule has 1 aliphatic heterocycles. The largest absolute Gasteiger partial charge is 0.433 e. The second kappa shape index (κ2) is 8.55. The van der Waals surface area contributed by atoms with Crippen LogP contribution in [0.5, 0.6) is 0 Å². The maximum atomic E-state index is 13.0. The molecule has 1 aromatic heterocycles. The monoisotopic (exact) mass is 361 g/mol. The maximum absolute atomic E-state index is 13.0. The van der Waals surface area contributed by atoms with E-state index in [9.17, 15) is 18.0 Å². The van der Waals surface area contributed by atoms with Crippen LogP contribution in [0.4, 0.5) is 18.0 Å². The number of piperidine rings is 1. The summed E-state index contributed by atoms with van der Waals surface area (Å²) in [5, 5.41) is 12.7. The van der Waals surface area contributed by atoms with Crippen LogP contribution in [-0.2, 0) is 12.7 Å². The van der Waals surface area contributed by atoms with E-state index in [0.29, 0.717) is 18.2 Å². The summed E-state index contributed by atoms with van der Waals surface area (Å²) in [5.74, 6) is 0.302. The molecule has 2 amide bonds. The van der Waals surface area contributed by atoms with Gasteiger partial charge in [0.2, 0.25) is 0 Å². The molecule has 1 fully saturated rings. The first kappa shape index (κ1) is 19.6. The highest BCUT2D eigenvalue weighted by molar-refractivity contribution is 5.73. The second-order valence-electron chi connectivity index (χ2n) is 6.74. The topological polar surface area (TPSA) is 71.0 Å². The SMILES string of the molecule is Cc1cc(C(F)(F)F)n(CC(C)CNC(=O)NCC2CCNCC2)n1. The minimum absolute atomic E-state index is 0.0945. The maximum Gasteiger partial charge on any atom is 0.433 e. The molecular formula is C16H26F3N5O. The van der Waals surface area contributed by atoms with Crippen molar-refractivity contribution >= 4 is 6.03 Å². The number of urea groups is 1. The number of nitrogens with one attached hydrogen (secondary N) is 3. The molecule has 0 saturated carbocycles. The Hall–Kier alpha value is -1.77. The van der Waals surface area contributed by atoms with Gasteiger partial charge in [0.05, 0.1) is 5.69 Å². The zero-order valence-corrected chi connectivity index (χ0v) is 14.6. The van der Waals surface area contributed by atoms with E-state index < -0.39 is 11.9 Å². The molecule has 6 nitrogen and oxygen atoms in total. The zero-order chi connectivity index (χ0) is 18.4. The second-order valence-corrected chi connectivity index (χ2v) is 6.74. The van der Waals surface area contributed by atoms with Gasteiger partial charge in [-0.05, 0) is 50.8 Å². The first-order chi connectivity index (χ1) is 11.8. The van der Waals surface area contributed by atoms with Gasteiger partial charge in [-0.1, -0.05) is 6.92 Å². The molecule has 142 valence electrons. The quantitative estimate of drug-likeness (QED) is 0.727. The Labute approximate surface area is 145 Å². The Balaban J connectivity index is 1.75. The van der Waals surface area contributed by atoms with Crippen molar-refractivity contribution in [2.24, 2.45) is 11.8 Å². The Kier molecular flexibility index (Phi) is 6.69. The van der Waals surface area contributed by atoms with E-state index in [4.69, 9.17) is 0 Å². The van der Waals surface area contributed by atoms with E-state index in [0.717, 1.165) is 36.7 Å². The predicted molar refractivity (Wildman–Crippen MR) is 88.1 cm³/mol. The van der Waals surface area contributed by atoms with Crippen LogP contribution in [0.3, 0.4) is 0 Å². The summed E-state index contributed by atoms with van der Waals surface area (Å²) in [6.07, 6.45) is -2.36. The average molecular weight is 361 g/mol. The van der Waals surface area contributed by atoms with Crippen molar-refractivity contribution < 1.29 is 18.0 Å². The first-order valence-corrected chi connectivity index (χ1v) is 8.59. The van der Waals surface area contributed by atoms with Gasteiger partial charge in [-0.2, -0.15) is 18.3 Å². The fourth-order valence-electron chi connectivity index (χ4n) is 2.92. The molecule has 0 aromatic carbocycles. The summed E-state index contributed by atoms with van der Waals surface area (Å²) in [7, 11) is 0. The molecule has 0 spiro atoms. The number of carbonyl (C=O) groups is 1. The van der Waals surface area contributed by atoms with E-state index in [1.807, 2.05) is 0 Å². The number of aromatic nitrogens is 2. The van der Waals surface area contributed by atoms with E-state index in [-0.39, 0.29) is 25.0 Å². The van der Waals surface area contributed by atoms with Crippen molar-refractivity contribution in [1.29, 1.82) is 0 Å². The highest BCUT2D eigenvalue weighted by atomic mass is 19.4. The lowest BCUT2D eigenvalue weighted by molar-refractivity contribution is -0.144. The number of rotatable bonds is 6. The lowest BCUT2D eigenvalue weighted by Gasteiger charge is -2.23. The third kappa shape index (κ3) is 6.22. The van der Waals surface area contributed by atoms with Crippen molar-refractivity contribution in [3.63, 3.8) is 0 Å². The normalized spacial score (nSPS) is 17.3. The number of hydrogen-bond acceptors (Lipinski definition) is 3. The molecule has 1 atom stereocenters. The molecule has 1 aliphatic rings. The standard InChI is InChI=1S/C16H26F3N5O/c1-11(10-24-14(16(17,18)19)7-12(2)23-24)8-21-15(25)22-9-13-3-5-20-6-4-13/h7,11,13,20H,3-6,8-10H2,1-2H3,(H2,21,22,25). The van der Waals surface area contributed by atoms with Crippen molar-refractivity contribution in [1.82, 2.24) is 25.7 Å². The number of halogens is 3. The number of hydrogen-bond donors (Lipinski definition) is 3. The number of nitrogens with zero attached hydrogens (tertiary/aromatic N) is 2. The third-order valence-electron chi connectivity index (χ3n) is 4.30. The molecule has 1 unspecified atom stereocenters. The molecule has 25 heavy (non-hydrogen) atoms. The molecule has 1 aromatic rings. The Morgan fingerprint density at radius 1 is 1.40 bits per heavy atom. The minimum atomic E-state index is -4.43. The minimum Gasteiger partial charge on any atom is -0.338 e. The number of aryl methyl sites for hydroxylation is 1.